The topological polar surface area (TPSA) is 122 Å². The maximum atomic E-state index is 13.6. The number of thiazole rings is 1. The molecule has 2 aromatic carbocycles. The molecule has 11 heteroatoms. The summed E-state index contributed by atoms with van der Waals surface area (Å²) >= 11 is 1.09. The largest absolute Gasteiger partial charge is 0.463 e. The number of ether oxygens (including phenoxy) is 3. The number of carbonyl (C=O) groups is 1. The predicted molar refractivity (Wildman–Crippen MR) is 126 cm³/mol. The maximum absolute atomic E-state index is 13.6. The molecular formula is C24H19N3O7S. The fraction of sp³-hybridized carbons (Fsp3) is 0.208. The zero-order valence-corrected chi connectivity index (χ0v) is 19.5. The van der Waals surface area contributed by atoms with Gasteiger partial charge in [0.25, 0.3) is 11.2 Å². The van der Waals surface area contributed by atoms with Crippen LogP contribution in [0.5, 0.6) is 11.5 Å². The Morgan fingerprint density at radius 3 is 2.69 bits per heavy atom. The van der Waals surface area contributed by atoms with Crippen molar-refractivity contribution in [2.45, 2.75) is 19.9 Å². The minimum atomic E-state index is -0.750. The summed E-state index contributed by atoms with van der Waals surface area (Å²) in [5.74, 6) is 0.0783. The SMILES string of the molecule is CCOC(=O)C1=C(C)N=c2s/c(=C\c3cc4c(cc3[N+](=O)[O-])OCO4)c(=O)n2[C@@H]1c1ccccc1. The number of nitro benzene ring substituents is 1. The van der Waals surface area contributed by atoms with Crippen LogP contribution in [-0.2, 0) is 9.53 Å². The molecule has 3 aromatic rings. The molecule has 0 saturated carbocycles. The zero-order chi connectivity index (χ0) is 24.7. The second kappa shape index (κ2) is 8.84. The number of aromatic nitrogens is 1. The van der Waals surface area contributed by atoms with E-state index in [1.807, 2.05) is 30.3 Å². The first kappa shape index (κ1) is 22.5. The van der Waals surface area contributed by atoms with Crippen LogP contribution in [0.1, 0.15) is 31.0 Å². The third kappa shape index (κ3) is 3.89. The van der Waals surface area contributed by atoms with Crippen molar-refractivity contribution in [2.75, 3.05) is 13.4 Å². The molecule has 0 saturated heterocycles. The summed E-state index contributed by atoms with van der Waals surface area (Å²) in [5, 5.41) is 11.7. The highest BCUT2D eigenvalue weighted by Crippen LogP contribution is 2.38. The number of fused-ring (bicyclic) bond motifs is 2. The lowest BCUT2D eigenvalue weighted by Crippen LogP contribution is -2.39. The van der Waals surface area contributed by atoms with Crippen LogP contribution in [-0.4, -0.2) is 28.9 Å². The maximum Gasteiger partial charge on any atom is 0.338 e. The van der Waals surface area contributed by atoms with Gasteiger partial charge < -0.3 is 14.2 Å². The van der Waals surface area contributed by atoms with E-state index in [4.69, 9.17) is 14.2 Å². The van der Waals surface area contributed by atoms with E-state index in [0.717, 1.165) is 11.3 Å². The van der Waals surface area contributed by atoms with Crippen LogP contribution >= 0.6 is 11.3 Å². The van der Waals surface area contributed by atoms with E-state index in [9.17, 15) is 19.7 Å². The average molecular weight is 493 g/mol. The molecule has 0 amide bonds. The van der Waals surface area contributed by atoms with Crippen LogP contribution in [0.3, 0.4) is 0 Å². The van der Waals surface area contributed by atoms with Crippen molar-refractivity contribution >= 4 is 29.1 Å². The molecule has 2 aliphatic rings. The van der Waals surface area contributed by atoms with Gasteiger partial charge in [-0.05, 0) is 31.6 Å². The van der Waals surface area contributed by atoms with Crippen molar-refractivity contribution in [1.29, 1.82) is 0 Å². The number of rotatable bonds is 5. The Morgan fingerprint density at radius 2 is 2.00 bits per heavy atom. The summed E-state index contributed by atoms with van der Waals surface area (Å²) in [6.45, 7) is 3.54. The number of esters is 1. The Balaban J connectivity index is 1.73. The van der Waals surface area contributed by atoms with E-state index in [0.29, 0.717) is 21.8 Å². The monoisotopic (exact) mass is 493 g/mol. The highest BCUT2D eigenvalue weighted by molar-refractivity contribution is 7.07. The van der Waals surface area contributed by atoms with Crippen molar-refractivity contribution in [3.8, 4) is 11.5 Å². The minimum absolute atomic E-state index is 0.0366. The molecule has 0 unspecified atom stereocenters. The second-order valence-electron chi connectivity index (χ2n) is 7.73. The number of hydrogen-bond donors (Lipinski definition) is 0. The molecule has 35 heavy (non-hydrogen) atoms. The van der Waals surface area contributed by atoms with Crippen LogP contribution in [0, 0.1) is 10.1 Å². The van der Waals surface area contributed by atoms with Crippen LogP contribution in [0.25, 0.3) is 6.08 Å². The van der Waals surface area contributed by atoms with E-state index in [-0.39, 0.29) is 40.5 Å². The Hall–Kier alpha value is -4.25. The van der Waals surface area contributed by atoms with Crippen molar-refractivity contribution in [2.24, 2.45) is 4.99 Å². The number of allylic oxidation sites excluding steroid dienone is 1. The van der Waals surface area contributed by atoms with Gasteiger partial charge in [0.15, 0.2) is 16.3 Å². The van der Waals surface area contributed by atoms with Gasteiger partial charge in [-0.1, -0.05) is 41.7 Å². The first-order valence-electron chi connectivity index (χ1n) is 10.7. The van der Waals surface area contributed by atoms with Crippen LogP contribution in [0.15, 0.2) is 63.5 Å². The lowest BCUT2D eigenvalue weighted by molar-refractivity contribution is -0.385. The first-order chi connectivity index (χ1) is 16.9. The van der Waals surface area contributed by atoms with E-state index < -0.39 is 22.5 Å². The fourth-order valence-electron chi connectivity index (χ4n) is 4.10. The van der Waals surface area contributed by atoms with Gasteiger partial charge in [-0.25, -0.2) is 9.79 Å². The van der Waals surface area contributed by atoms with Crippen molar-refractivity contribution in [3.63, 3.8) is 0 Å². The fourth-order valence-corrected chi connectivity index (χ4v) is 5.14. The number of benzene rings is 2. The third-order valence-corrected chi connectivity index (χ3v) is 6.62. The summed E-state index contributed by atoms with van der Waals surface area (Å²) in [6.07, 6.45) is 1.44. The van der Waals surface area contributed by atoms with Gasteiger partial charge in [0, 0.05) is 0 Å². The van der Waals surface area contributed by atoms with Gasteiger partial charge in [-0.15, -0.1) is 0 Å². The molecule has 0 bridgehead atoms. The predicted octanol–water partition coefficient (Wildman–Crippen LogP) is 2.44. The molecule has 1 atom stereocenters. The standard InChI is InChI=1S/C24H19N3O7S/c1-3-32-23(29)20-13(2)25-24-26(21(20)14-7-5-4-6-8-14)22(28)19(35-24)10-15-9-17-18(34-12-33-17)11-16(15)27(30)31/h4-11,21H,3,12H2,1-2H3/b19-10-/t21-/m1/s1. The number of carbonyl (C=O) groups excluding carboxylic acids is 1. The van der Waals surface area contributed by atoms with Gasteiger partial charge in [0.05, 0.1) is 45.0 Å². The summed E-state index contributed by atoms with van der Waals surface area (Å²) in [4.78, 5) is 42.5. The van der Waals surface area contributed by atoms with E-state index >= 15 is 0 Å². The van der Waals surface area contributed by atoms with Crippen LogP contribution in [0.2, 0.25) is 0 Å². The Kier molecular flexibility index (Phi) is 5.69. The molecule has 5 rings (SSSR count). The highest BCUT2D eigenvalue weighted by atomic mass is 32.1. The molecule has 0 spiro atoms. The quantitative estimate of drug-likeness (QED) is 0.304. The average Bonchev–Trinajstić information content (AvgIpc) is 3.42. The molecule has 1 aromatic heterocycles. The molecule has 0 fully saturated rings. The molecular weight excluding hydrogens is 474 g/mol. The smallest absolute Gasteiger partial charge is 0.338 e. The number of nitrogens with zero attached hydrogens (tertiary/aromatic N) is 3. The Morgan fingerprint density at radius 1 is 1.29 bits per heavy atom. The van der Waals surface area contributed by atoms with Crippen LogP contribution < -0.4 is 24.4 Å². The Bertz CT molecular complexity index is 1570. The van der Waals surface area contributed by atoms with Gasteiger partial charge >= 0.3 is 5.97 Å². The molecule has 178 valence electrons. The van der Waals surface area contributed by atoms with E-state index in [2.05, 4.69) is 4.99 Å². The number of hydrogen-bond acceptors (Lipinski definition) is 9. The van der Waals surface area contributed by atoms with Gasteiger partial charge in [-0.3, -0.25) is 19.5 Å². The molecule has 3 heterocycles. The van der Waals surface area contributed by atoms with Gasteiger partial charge in [0.2, 0.25) is 6.79 Å². The Labute approximate surface area is 202 Å². The lowest BCUT2D eigenvalue weighted by atomic mass is 9.96. The van der Waals surface area contributed by atoms with Crippen molar-refractivity contribution in [1.82, 2.24) is 4.57 Å². The third-order valence-electron chi connectivity index (χ3n) is 5.64. The van der Waals surface area contributed by atoms with Gasteiger partial charge in [-0.2, -0.15) is 0 Å². The zero-order valence-electron chi connectivity index (χ0n) is 18.7. The van der Waals surface area contributed by atoms with Crippen LogP contribution in [0.4, 0.5) is 5.69 Å². The summed E-state index contributed by atoms with van der Waals surface area (Å²) in [6, 6.07) is 11.1. The van der Waals surface area contributed by atoms with Crippen molar-refractivity contribution < 1.29 is 23.9 Å². The summed E-state index contributed by atoms with van der Waals surface area (Å²) in [5.41, 5.74) is 0.978. The lowest BCUT2D eigenvalue weighted by Gasteiger charge is -2.24. The molecule has 10 nitrogen and oxygen atoms in total. The molecule has 2 aliphatic heterocycles. The van der Waals surface area contributed by atoms with Gasteiger partial charge in [0.1, 0.15) is 0 Å². The normalized spacial score (nSPS) is 16.6. The molecule has 0 aliphatic carbocycles. The molecule has 0 N–H and O–H groups in total. The van der Waals surface area contributed by atoms with E-state index in [1.54, 1.807) is 13.8 Å². The second-order valence-corrected chi connectivity index (χ2v) is 8.74. The van der Waals surface area contributed by atoms with Crippen molar-refractivity contribution in [3.05, 3.63) is 94.7 Å². The summed E-state index contributed by atoms with van der Waals surface area (Å²) in [7, 11) is 0. The highest BCUT2D eigenvalue weighted by Gasteiger charge is 2.33. The van der Waals surface area contributed by atoms with E-state index in [1.165, 1.54) is 22.8 Å². The first-order valence-corrected chi connectivity index (χ1v) is 11.5. The minimum Gasteiger partial charge on any atom is -0.463 e. The molecule has 0 radical (unpaired) electrons. The number of nitro groups is 1. The summed E-state index contributed by atoms with van der Waals surface area (Å²) < 4.78 is 17.5.